The molecule has 0 spiro atoms. The molecule has 1 N–H and O–H groups in total. The number of carbonyl (C=O) groups is 2. The number of amides is 1. The number of hydrogen-bond donors (Lipinski definition) is 1. The first-order valence-electron chi connectivity index (χ1n) is 8.31. The Bertz CT molecular complexity index is 886. The second-order valence-electron chi connectivity index (χ2n) is 5.92. The summed E-state index contributed by atoms with van der Waals surface area (Å²) in [6.45, 7) is 2.03. The van der Waals surface area contributed by atoms with Crippen molar-refractivity contribution in [3.63, 3.8) is 0 Å². The lowest BCUT2D eigenvalue weighted by Crippen LogP contribution is -2.11. The highest BCUT2D eigenvalue weighted by Crippen LogP contribution is 2.18. The summed E-state index contributed by atoms with van der Waals surface area (Å²) in [5, 5.41) is 4.66. The molecule has 132 valence electrons. The molecule has 0 atom stereocenters. The summed E-state index contributed by atoms with van der Waals surface area (Å²) in [6, 6.07) is 18.5. The van der Waals surface area contributed by atoms with Gasteiger partial charge in [0.1, 0.15) is 5.75 Å². The molecule has 0 radical (unpaired) electrons. The molecule has 3 aromatic rings. The van der Waals surface area contributed by atoms with Crippen molar-refractivity contribution in [1.82, 2.24) is 0 Å². The van der Waals surface area contributed by atoms with Crippen LogP contribution in [0.3, 0.4) is 0 Å². The van der Waals surface area contributed by atoms with Crippen LogP contribution in [-0.4, -0.2) is 11.9 Å². The summed E-state index contributed by atoms with van der Waals surface area (Å²) in [4.78, 5) is 24.6. The summed E-state index contributed by atoms with van der Waals surface area (Å²) < 4.78 is 5.35. The van der Waals surface area contributed by atoms with E-state index in [-0.39, 0.29) is 11.9 Å². The molecule has 0 unspecified atom stereocenters. The van der Waals surface area contributed by atoms with Crippen LogP contribution in [0, 0.1) is 6.92 Å². The van der Waals surface area contributed by atoms with E-state index in [2.05, 4.69) is 11.4 Å². The first-order valence-corrected chi connectivity index (χ1v) is 9.19. The van der Waals surface area contributed by atoms with Crippen molar-refractivity contribution in [2.75, 3.05) is 5.32 Å². The van der Waals surface area contributed by atoms with E-state index in [9.17, 15) is 9.59 Å². The minimum absolute atomic E-state index is 0.150. The SMILES string of the molecule is Cc1cccc(CCC(=O)Oc2ccc(NC(=O)c3cccs3)cc2)c1. The Morgan fingerprint density at radius 1 is 1.04 bits per heavy atom. The minimum atomic E-state index is -0.276. The maximum absolute atomic E-state index is 12.0. The van der Waals surface area contributed by atoms with Crippen molar-refractivity contribution in [1.29, 1.82) is 0 Å². The van der Waals surface area contributed by atoms with Crippen LogP contribution < -0.4 is 10.1 Å². The maximum Gasteiger partial charge on any atom is 0.311 e. The van der Waals surface area contributed by atoms with Gasteiger partial charge in [-0.05, 0) is 54.6 Å². The molecular weight excluding hydrogens is 346 g/mol. The molecule has 0 fully saturated rings. The molecule has 1 heterocycles. The highest BCUT2D eigenvalue weighted by molar-refractivity contribution is 7.12. The lowest BCUT2D eigenvalue weighted by atomic mass is 10.1. The van der Waals surface area contributed by atoms with E-state index in [0.717, 1.165) is 5.56 Å². The van der Waals surface area contributed by atoms with Crippen LogP contribution in [0.4, 0.5) is 5.69 Å². The van der Waals surface area contributed by atoms with Gasteiger partial charge in [-0.3, -0.25) is 9.59 Å². The van der Waals surface area contributed by atoms with Crippen molar-refractivity contribution in [2.45, 2.75) is 19.8 Å². The monoisotopic (exact) mass is 365 g/mol. The predicted octanol–water partition coefficient (Wildman–Crippen LogP) is 4.85. The van der Waals surface area contributed by atoms with Crippen molar-refractivity contribution in [2.24, 2.45) is 0 Å². The van der Waals surface area contributed by atoms with Crippen LogP contribution >= 0.6 is 11.3 Å². The molecule has 26 heavy (non-hydrogen) atoms. The van der Waals surface area contributed by atoms with Crippen LogP contribution in [0.1, 0.15) is 27.2 Å². The molecule has 4 nitrogen and oxygen atoms in total. The number of rotatable bonds is 6. The lowest BCUT2D eigenvalue weighted by molar-refractivity contribution is -0.134. The van der Waals surface area contributed by atoms with E-state index in [1.807, 2.05) is 36.6 Å². The molecule has 3 rings (SSSR count). The summed E-state index contributed by atoms with van der Waals surface area (Å²) in [6.07, 6.45) is 0.968. The van der Waals surface area contributed by atoms with Gasteiger partial charge >= 0.3 is 5.97 Å². The van der Waals surface area contributed by atoms with E-state index in [0.29, 0.717) is 29.2 Å². The molecule has 0 aliphatic heterocycles. The average Bonchev–Trinajstić information content (AvgIpc) is 3.17. The van der Waals surface area contributed by atoms with Gasteiger partial charge in [0.2, 0.25) is 0 Å². The number of anilines is 1. The topological polar surface area (TPSA) is 55.4 Å². The summed E-state index contributed by atoms with van der Waals surface area (Å²) >= 11 is 1.38. The van der Waals surface area contributed by atoms with E-state index < -0.39 is 0 Å². The van der Waals surface area contributed by atoms with Crippen LogP contribution in [-0.2, 0) is 11.2 Å². The highest BCUT2D eigenvalue weighted by atomic mass is 32.1. The van der Waals surface area contributed by atoms with Crippen LogP contribution in [0.5, 0.6) is 5.75 Å². The van der Waals surface area contributed by atoms with Gasteiger partial charge in [-0.1, -0.05) is 35.9 Å². The zero-order valence-corrected chi connectivity index (χ0v) is 15.2. The molecule has 0 bridgehead atoms. The van der Waals surface area contributed by atoms with Gasteiger partial charge in [-0.15, -0.1) is 11.3 Å². The summed E-state index contributed by atoms with van der Waals surface area (Å²) in [7, 11) is 0. The Kier molecular flexibility index (Phi) is 5.81. The minimum Gasteiger partial charge on any atom is -0.427 e. The second-order valence-corrected chi connectivity index (χ2v) is 6.87. The van der Waals surface area contributed by atoms with Crippen LogP contribution in [0.15, 0.2) is 66.0 Å². The number of thiophene rings is 1. The Labute approximate surface area is 156 Å². The molecule has 1 aromatic heterocycles. The first kappa shape index (κ1) is 17.9. The number of benzene rings is 2. The Balaban J connectivity index is 1.50. The smallest absolute Gasteiger partial charge is 0.311 e. The standard InChI is InChI=1S/C21H19NO3S/c1-15-4-2-5-16(14-15)7-12-20(23)25-18-10-8-17(9-11-18)22-21(24)19-6-3-13-26-19/h2-6,8-11,13-14H,7,12H2,1H3,(H,22,24). The van der Waals surface area contributed by atoms with Gasteiger partial charge in [0.15, 0.2) is 0 Å². The molecular formula is C21H19NO3S. The fourth-order valence-corrected chi connectivity index (χ4v) is 3.12. The van der Waals surface area contributed by atoms with Gasteiger partial charge < -0.3 is 10.1 Å². The van der Waals surface area contributed by atoms with Gasteiger partial charge in [-0.2, -0.15) is 0 Å². The molecule has 5 heteroatoms. The first-order chi connectivity index (χ1) is 12.6. The van der Waals surface area contributed by atoms with Crippen molar-refractivity contribution in [3.05, 3.63) is 82.0 Å². The predicted molar refractivity (Wildman–Crippen MR) is 104 cm³/mol. The summed E-state index contributed by atoms with van der Waals surface area (Å²) in [5.74, 6) is 0.0399. The van der Waals surface area contributed by atoms with Gasteiger partial charge in [0.05, 0.1) is 4.88 Å². The largest absolute Gasteiger partial charge is 0.427 e. The Morgan fingerprint density at radius 3 is 2.54 bits per heavy atom. The highest BCUT2D eigenvalue weighted by Gasteiger charge is 2.08. The van der Waals surface area contributed by atoms with Crippen molar-refractivity contribution >= 4 is 28.9 Å². The fourth-order valence-electron chi connectivity index (χ4n) is 2.50. The van der Waals surface area contributed by atoms with Crippen LogP contribution in [0.2, 0.25) is 0 Å². The number of esters is 1. The molecule has 0 saturated carbocycles. The molecule has 2 aromatic carbocycles. The number of aryl methyl sites for hydroxylation is 2. The van der Waals surface area contributed by atoms with Crippen molar-refractivity contribution < 1.29 is 14.3 Å². The Hall–Kier alpha value is -2.92. The number of hydrogen-bond acceptors (Lipinski definition) is 4. The average molecular weight is 365 g/mol. The molecule has 0 aliphatic rings. The zero-order valence-electron chi connectivity index (χ0n) is 14.4. The molecule has 0 saturated heterocycles. The van der Waals surface area contributed by atoms with Gasteiger partial charge in [0.25, 0.3) is 5.91 Å². The fraction of sp³-hybridized carbons (Fsp3) is 0.143. The van der Waals surface area contributed by atoms with Gasteiger partial charge in [0, 0.05) is 12.1 Å². The van der Waals surface area contributed by atoms with E-state index in [1.165, 1.54) is 16.9 Å². The third-order valence-corrected chi connectivity index (χ3v) is 4.66. The van der Waals surface area contributed by atoms with Gasteiger partial charge in [-0.25, -0.2) is 0 Å². The number of carbonyl (C=O) groups excluding carboxylic acids is 2. The normalized spacial score (nSPS) is 10.3. The quantitative estimate of drug-likeness (QED) is 0.502. The number of ether oxygens (including phenoxy) is 1. The number of nitrogens with one attached hydrogen (secondary N) is 1. The summed E-state index contributed by atoms with van der Waals surface area (Å²) in [5.41, 5.74) is 2.95. The lowest BCUT2D eigenvalue weighted by Gasteiger charge is -2.07. The molecule has 0 aliphatic carbocycles. The van der Waals surface area contributed by atoms with Crippen LogP contribution in [0.25, 0.3) is 0 Å². The Morgan fingerprint density at radius 2 is 1.85 bits per heavy atom. The van der Waals surface area contributed by atoms with Crippen molar-refractivity contribution in [3.8, 4) is 5.75 Å². The third kappa shape index (κ3) is 5.04. The second kappa shape index (κ2) is 8.45. The van der Waals surface area contributed by atoms with E-state index >= 15 is 0 Å². The van der Waals surface area contributed by atoms with E-state index in [1.54, 1.807) is 30.3 Å². The zero-order chi connectivity index (χ0) is 18.4. The maximum atomic E-state index is 12.0. The molecule has 1 amide bonds. The van der Waals surface area contributed by atoms with E-state index in [4.69, 9.17) is 4.74 Å². The third-order valence-electron chi connectivity index (χ3n) is 3.79.